The molecule has 4 aromatic rings. The predicted octanol–water partition coefficient (Wildman–Crippen LogP) is 4.45. The van der Waals surface area contributed by atoms with Gasteiger partial charge >= 0.3 is 0 Å². The van der Waals surface area contributed by atoms with Crippen LogP contribution in [0.4, 0.5) is 20.2 Å². The largest absolute Gasteiger partial charge is 0.452 e. The van der Waals surface area contributed by atoms with Gasteiger partial charge in [-0.2, -0.15) is 0 Å². The number of piperidine rings is 1. The Kier molecular flexibility index (Phi) is 8.06. The Morgan fingerprint density at radius 2 is 1.80 bits per heavy atom. The minimum Gasteiger partial charge on any atom is -0.452 e. The van der Waals surface area contributed by atoms with Crippen molar-refractivity contribution in [3.63, 3.8) is 0 Å². The van der Waals surface area contributed by atoms with E-state index in [1.54, 1.807) is 12.3 Å². The van der Waals surface area contributed by atoms with Crippen LogP contribution in [0.2, 0.25) is 0 Å². The molecule has 11 heteroatoms. The van der Waals surface area contributed by atoms with Gasteiger partial charge in [0.1, 0.15) is 17.1 Å². The lowest BCUT2D eigenvalue weighted by molar-refractivity contribution is 0.102. The smallest absolute Gasteiger partial charge is 0.267 e. The van der Waals surface area contributed by atoms with Gasteiger partial charge in [-0.1, -0.05) is 0 Å². The Morgan fingerprint density at radius 3 is 2.51 bits per heavy atom. The maximum absolute atomic E-state index is 15.1. The van der Waals surface area contributed by atoms with Crippen LogP contribution in [-0.4, -0.2) is 39.8 Å². The monoisotopic (exact) mass is 559 g/mol. The molecular weight excluding hydrogens is 532 g/mol. The fourth-order valence-corrected chi connectivity index (χ4v) is 4.49. The van der Waals surface area contributed by atoms with Crippen LogP contribution in [0, 0.1) is 11.6 Å². The average molecular weight is 560 g/mol. The summed E-state index contributed by atoms with van der Waals surface area (Å²) in [5.74, 6) is -1.78. The van der Waals surface area contributed by atoms with Gasteiger partial charge in [0.05, 0.1) is 18.0 Å². The minimum absolute atomic E-state index is 0.109. The number of amides is 1. The molecule has 1 aliphatic heterocycles. The molecule has 5 rings (SSSR count). The lowest BCUT2D eigenvalue weighted by atomic mass is 10.1. The van der Waals surface area contributed by atoms with E-state index >= 15 is 4.39 Å². The Labute approximate surface area is 234 Å². The highest BCUT2D eigenvalue weighted by atomic mass is 19.1. The van der Waals surface area contributed by atoms with Gasteiger partial charge < -0.3 is 25.8 Å². The third kappa shape index (κ3) is 6.25. The predicted molar refractivity (Wildman–Crippen MR) is 151 cm³/mol. The number of nitrogens with zero attached hydrogens (tertiary/aromatic N) is 3. The molecule has 2 aromatic heterocycles. The van der Waals surface area contributed by atoms with Crippen molar-refractivity contribution in [3.8, 4) is 17.2 Å². The summed E-state index contributed by atoms with van der Waals surface area (Å²) < 4.78 is 35.5. The summed E-state index contributed by atoms with van der Waals surface area (Å²) in [7, 11) is 0. The third-order valence-electron chi connectivity index (χ3n) is 6.66. The van der Waals surface area contributed by atoms with E-state index in [1.807, 2.05) is 0 Å². The van der Waals surface area contributed by atoms with Gasteiger partial charge in [0.2, 0.25) is 0 Å². The van der Waals surface area contributed by atoms with Crippen molar-refractivity contribution < 1.29 is 23.4 Å². The van der Waals surface area contributed by atoms with Gasteiger partial charge in [-0.25, -0.2) is 8.78 Å². The summed E-state index contributed by atoms with van der Waals surface area (Å²) in [6.45, 7) is 1.29. The normalized spacial score (nSPS) is 13.9. The van der Waals surface area contributed by atoms with Crippen LogP contribution in [0.15, 0.2) is 84.1 Å². The first-order valence-corrected chi connectivity index (χ1v) is 12.9. The van der Waals surface area contributed by atoms with E-state index in [2.05, 4.69) is 15.2 Å². The van der Waals surface area contributed by atoms with Gasteiger partial charge in [-0.15, -0.1) is 0 Å². The second-order valence-electron chi connectivity index (χ2n) is 9.43. The standard InChI is InChI=1S/C30H27F2N5O4/c31-19-3-6-21(7-4-19)37-13-1-2-24(30(37)40)29(39)35-20-5-8-27(25(32)16-20)41-28-17-22(18-34-26(28)9-12-33)36-14-10-23(38)11-15-36/h1-9,12-13,16-18,23,38H,10-11,14-15,33H2,(H,35,39). The number of nitrogens with two attached hydrogens (primary N) is 1. The topological polar surface area (TPSA) is 123 Å². The fraction of sp³-hybridized carbons (Fsp3) is 0.167. The van der Waals surface area contributed by atoms with Crippen molar-refractivity contribution in [2.24, 2.45) is 5.73 Å². The van der Waals surface area contributed by atoms with E-state index in [-0.39, 0.29) is 28.9 Å². The van der Waals surface area contributed by atoms with E-state index in [4.69, 9.17) is 10.5 Å². The number of benzene rings is 2. The Bertz CT molecular complexity index is 1650. The van der Waals surface area contributed by atoms with Gasteiger partial charge in [-0.3, -0.25) is 19.1 Å². The number of pyridine rings is 2. The van der Waals surface area contributed by atoms with Crippen LogP contribution in [0.1, 0.15) is 28.9 Å². The Hall–Kier alpha value is -5.03. The van der Waals surface area contributed by atoms with Crippen molar-refractivity contribution in [2.45, 2.75) is 18.9 Å². The Morgan fingerprint density at radius 1 is 1.05 bits per heavy atom. The van der Waals surface area contributed by atoms with Crippen molar-refractivity contribution in [1.29, 1.82) is 0 Å². The average Bonchev–Trinajstić information content (AvgIpc) is 2.96. The van der Waals surface area contributed by atoms with Crippen molar-refractivity contribution >= 4 is 23.4 Å². The number of hydrogen-bond acceptors (Lipinski definition) is 7. The molecule has 0 saturated carbocycles. The number of aromatic nitrogens is 2. The molecule has 1 fully saturated rings. The van der Waals surface area contributed by atoms with Gasteiger partial charge in [0, 0.05) is 42.8 Å². The first-order valence-electron chi connectivity index (χ1n) is 12.9. The van der Waals surface area contributed by atoms with E-state index in [0.29, 0.717) is 37.3 Å². The fourth-order valence-electron chi connectivity index (χ4n) is 4.49. The number of carbonyl (C=O) groups is 1. The van der Waals surface area contributed by atoms with Gasteiger partial charge in [0.15, 0.2) is 17.3 Å². The summed E-state index contributed by atoms with van der Waals surface area (Å²) in [5, 5.41) is 12.3. The zero-order valence-electron chi connectivity index (χ0n) is 21.8. The molecule has 1 amide bonds. The molecule has 0 bridgehead atoms. The van der Waals surface area contributed by atoms with Crippen LogP contribution in [0.3, 0.4) is 0 Å². The highest BCUT2D eigenvalue weighted by molar-refractivity contribution is 6.04. The number of rotatable bonds is 7. The highest BCUT2D eigenvalue weighted by Gasteiger charge is 2.20. The van der Waals surface area contributed by atoms with Crippen molar-refractivity contribution in [1.82, 2.24) is 9.55 Å². The number of aliphatic hydroxyl groups excluding tert-OH is 1. The first-order chi connectivity index (χ1) is 19.8. The minimum atomic E-state index is -0.756. The molecule has 0 aliphatic carbocycles. The van der Waals surface area contributed by atoms with Crippen LogP contribution in [-0.2, 0) is 0 Å². The molecular formula is C30H27F2N5O4. The molecule has 1 saturated heterocycles. The molecule has 3 heterocycles. The van der Waals surface area contributed by atoms with E-state index in [1.165, 1.54) is 71.6 Å². The zero-order chi connectivity index (χ0) is 28.9. The first kappa shape index (κ1) is 27.5. The van der Waals surface area contributed by atoms with Gasteiger partial charge in [0.25, 0.3) is 11.5 Å². The molecule has 4 N–H and O–H groups in total. The maximum atomic E-state index is 15.1. The summed E-state index contributed by atoms with van der Waals surface area (Å²) in [5.41, 5.74) is 6.42. The maximum Gasteiger partial charge on any atom is 0.267 e. The molecule has 0 unspecified atom stereocenters. The number of anilines is 2. The van der Waals surface area contributed by atoms with E-state index in [9.17, 15) is 19.1 Å². The number of ether oxygens (including phenoxy) is 1. The van der Waals surface area contributed by atoms with Crippen LogP contribution >= 0.6 is 0 Å². The Balaban J connectivity index is 1.34. The molecule has 2 aromatic carbocycles. The second kappa shape index (κ2) is 12.0. The van der Waals surface area contributed by atoms with Crippen LogP contribution < -0.4 is 26.2 Å². The number of carbonyl (C=O) groups excluding carboxylic acids is 1. The molecule has 0 atom stereocenters. The van der Waals surface area contributed by atoms with Gasteiger partial charge in [-0.05, 0) is 73.6 Å². The number of aliphatic hydroxyl groups is 1. The molecule has 0 radical (unpaired) electrons. The summed E-state index contributed by atoms with van der Waals surface area (Å²) in [6.07, 6.45) is 6.89. The molecule has 1 aliphatic rings. The number of nitrogens with one attached hydrogen (secondary N) is 1. The molecule has 9 nitrogen and oxygen atoms in total. The quantitative estimate of drug-likeness (QED) is 0.306. The number of hydrogen-bond donors (Lipinski definition) is 3. The summed E-state index contributed by atoms with van der Waals surface area (Å²) in [4.78, 5) is 32.3. The third-order valence-corrected chi connectivity index (χ3v) is 6.66. The summed E-state index contributed by atoms with van der Waals surface area (Å²) >= 11 is 0. The van der Waals surface area contributed by atoms with Crippen molar-refractivity contribution in [3.05, 3.63) is 113 Å². The zero-order valence-corrected chi connectivity index (χ0v) is 21.8. The summed E-state index contributed by atoms with van der Waals surface area (Å²) in [6, 6.07) is 13.7. The van der Waals surface area contributed by atoms with E-state index < -0.39 is 23.1 Å². The van der Waals surface area contributed by atoms with E-state index in [0.717, 1.165) is 11.8 Å². The highest BCUT2D eigenvalue weighted by Crippen LogP contribution is 2.32. The lowest BCUT2D eigenvalue weighted by Crippen LogP contribution is -2.35. The number of halogens is 2. The lowest BCUT2D eigenvalue weighted by Gasteiger charge is -2.31. The van der Waals surface area contributed by atoms with Crippen LogP contribution in [0.5, 0.6) is 11.5 Å². The second-order valence-corrected chi connectivity index (χ2v) is 9.43. The molecule has 41 heavy (non-hydrogen) atoms. The van der Waals surface area contributed by atoms with Crippen molar-refractivity contribution in [2.75, 3.05) is 23.3 Å². The SMILES string of the molecule is NC=Cc1ncc(N2CCC(O)CC2)cc1Oc1ccc(NC(=O)c2cccn(-c3ccc(F)cc3)c2=O)cc1F. The molecule has 210 valence electrons. The molecule has 0 spiro atoms. The van der Waals surface area contributed by atoms with Crippen LogP contribution in [0.25, 0.3) is 11.8 Å².